The molecular formula is C9H9BrFN. The number of nitrogens with one attached hydrogen (secondary N) is 1. The molecule has 0 radical (unpaired) electrons. The Labute approximate surface area is 79.1 Å². The van der Waals surface area contributed by atoms with E-state index in [0.29, 0.717) is 0 Å². The van der Waals surface area contributed by atoms with Gasteiger partial charge >= 0.3 is 0 Å². The maximum absolute atomic E-state index is 13.3. The van der Waals surface area contributed by atoms with Crippen molar-refractivity contribution in [2.75, 3.05) is 6.54 Å². The lowest BCUT2D eigenvalue weighted by Gasteiger charge is -2.28. The van der Waals surface area contributed by atoms with Crippen molar-refractivity contribution in [1.82, 2.24) is 5.32 Å². The zero-order chi connectivity index (χ0) is 8.55. The van der Waals surface area contributed by atoms with Crippen LogP contribution in [0.25, 0.3) is 0 Å². The molecule has 1 aliphatic rings. The summed E-state index contributed by atoms with van der Waals surface area (Å²) in [5.74, 6) is -0.124. The highest BCUT2D eigenvalue weighted by Crippen LogP contribution is 2.26. The topological polar surface area (TPSA) is 12.0 Å². The molecular weight excluding hydrogens is 221 g/mol. The van der Waals surface area contributed by atoms with E-state index < -0.39 is 0 Å². The van der Waals surface area contributed by atoms with Crippen molar-refractivity contribution in [1.29, 1.82) is 0 Å². The first kappa shape index (κ1) is 8.20. The molecule has 1 saturated heterocycles. The highest BCUT2D eigenvalue weighted by molar-refractivity contribution is 9.10. The van der Waals surface area contributed by atoms with E-state index in [2.05, 4.69) is 21.2 Å². The molecule has 0 bridgehead atoms. The fourth-order valence-electron chi connectivity index (χ4n) is 1.34. The summed E-state index contributed by atoms with van der Waals surface area (Å²) in [5.41, 5.74) is 0.782. The van der Waals surface area contributed by atoms with E-state index in [-0.39, 0.29) is 11.9 Å². The summed E-state index contributed by atoms with van der Waals surface area (Å²) < 4.78 is 14.0. The monoisotopic (exact) mass is 229 g/mol. The lowest BCUT2D eigenvalue weighted by atomic mass is 9.98. The molecule has 0 aromatic heterocycles. The number of hydrogen-bond acceptors (Lipinski definition) is 1. The van der Waals surface area contributed by atoms with Crippen molar-refractivity contribution in [2.24, 2.45) is 0 Å². The minimum Gasteiger partial charge on any atom is -0.310 e. The van der Waals surface area contributed by atoms with E-state index >= 15 is 0 Å². The molecule has 1 heterocycles. The van der Waals surface area contributed by atoms with Crippen LogP contribution < -0.4 is 5.32 Å². The second-order valence-corrected chi connectivity index (χ2v) is 3.88. The molecule has 0 amide bonds. The Hall–Kier alpha value is -0.410. The molecule has 1 nitrogen and oxygen atoms in total. The molecule has 12 heavy (non-hydrogen) atoms. The summed E-state index contributed by atoms with van der Waals surface area (Å²) in [6.45, 7) is 1.00. The largest absolute Gasteiger partial charge is 0.310 e. The van der Waals surface area contributed by atoms with Crippen molar-refractivity contribution in [3.8, 4) is 0 Å². The standard InChI is InChI=1S/C9H9BrFN/c10-6-1-2-7(8(11)5-6)9-3-4-12-9/h1-2,5,9,12H,3-4H2. The Balaban J connectivity index is 2.31. The number of halogens is 2. The summed E-state index contributed by atoms with van der Waals surface area (Å²) in [6.07, 6.45) is 1.04. The smallest absolute Gasteiger partial charge is 0.129 e. The molecule has 64 valence electrons. The fourth-order valence-corrected chi connectivity index (χ4v) is 1.67. The zero-order valence-electron chi connectivity index (χ0n) is 6.48. The van der Waals surface area contributed by atoms with Crippen LogP contribution in [0.2, 0.25) is 0 Å². The van der Waals surface area contributed by atoms with E-state index in [9.17, 15) is 4.39 Å². The summed E-state index contributed by atoms with van der Waals surface area (Å²) in [6, 6.07) is 5.45. The summed E-state index contributed by atoms with van der Waals surface area (Å²) >= 11 is 3.22. The SMILES string of the molecule is Fc1cc(Br)ccc1C1CCN1. The van der Waals surface area contributed by atoms with Gasteiger partial charge < -0.3 is 5.32 Å². The van der Waals surface area contributed by atoms with Crippen molar-refractivity contribution in [2.45, 2.75) is 12.5 Å². The van der Waals surface area contributed by atoms with E-state index in [1.165, 1.54) is 6.07 Å². The van der Waals surface area contributed by atoms with Gasteiger partial charge in [-0.05, 0) is 25.1 Å². The van der Waals surface area contributed by atoms with E-state index in [4.69, 9.17) is 0 Å². The lowest BCUT2D eigenvalue weighted by molar-refractivity contribution is 0.370. The normalized spacial score (nSPS) is 22.0. The van der Waals surface area contributed by atoms with E-state index in [0.717, 1.165) is 23.0 Å². The van der Waals surface area contributed by atoms with Gasteiger partial charge in [0.05, 0.1) is 0 Å². The summed E-state index contributed by atoms with van der Waals surface area (Å²) in [5, 5.41) is 3.17. The van der Waals surface area contributed by atoms with Crippen LogP contribution in [0.1, 0.15) is 18.0 Å². The first-order chi connectivity index (χ1) is 5.77. The molecule has 2 rings (SSSR count). The minimum atomic E-state index is -0.124. The van der Waals surface area contributed by atoms with Gasteiger partial charge in [0.25, 0.3) is 0 Å². The Morgan fingerprint density at radius 2 is 2.25 bits per heavy atom. The van der Waals surface area contributed by atoms with Gasteiger partial charge in [-0.15, -0.1) is 0 Å². The van der Waals surface area contributed by atoms with Crippen molar-refractivity contribution < 1.29 is 4.39 Å². The first-order valence-electron chi connectivity index (χ1n) is 3.96. The van der Waals surface area contributed by atoms with Gasteiger partial charge in [0.1, 0.15) is 5.82 Å². The average molecular weight is 230 g/mol. The van der Waals surface area contributed by atoms with Crippen LogP contribution in [-0.4, -0.2) is 6.54 Å². The van der Waals surface area contributed by atoms with Gasteiger partial charge in [-0.2, -0.15) is 0 Å². The van der Waals surface area contributed by atoms with Gasteiger partial charge in [0.2, 0.25) is 0 Å². The summed E-state index contributed by atoms with van der Waals surface area (Å²) in [4.78, 5) is 0. The van der Waals surface area contributed by atoms with E-state index in [1.807, 2.05) is 12.1 Å². The Kier molecular flexibility index (Phi) is 2.15. The van der Waals surface area contributed by atoms with Gasteiger partial charge in [0, 0.05) is 16.1 Å². The van der Waals surface area contributed by atoms with E-state index in [1.54, 1.807) is 0 Å². The van der Waals surface area contributed by atoms with Crippen LogP contribution in [0, 0.1) is 5.82 Å². The maximum Gasteiger partial charge on any atom is 0.129 e. The number of benzene rings is 1. The van der Waals surface area contributed by atoms with Crippen LogP contribution in [0.3, 0.4) is 0 Å². The molecule has 1 aromatic carbocycles. The van der Waals surface area contributed by atoms with Crippen LogP contribution in [0.5, 0.6) is 0 Å². The van der Waals surface area contributed by atoms with Gasteiger partial charge in [-0.3, -0.25) is 0 Å². The third kappa shape index (κ3) is 1.39. The third-order valence-electron chi connectivity index (χ3n) is 2.16. The molecule has 0 saturated carbocycles. The van der Waals surface area contributed by atoms with Gasteiger partial charge in [-0.1, -0.05) is 22.0 Å². The van der Waals surface area contributed by atoms with Crippen molar-refractivity contribution >= 4 is 15.9 Å². The molecule has 1 aliphatic heterocycles. The zero-order valence-corrected chi connectivity index (χ0v) is 8.07. The van der Waals surface area contributed by atoms with Gasteiger partial charge in [-0.25, -0.2) is 4.39 Å². The second kappa shape index (κ2) is 3.15. The molecule has 0 spiro atoms. The average Bonchev–Trinajstić information content (AvgIpc) is 1.91. The van der Waals surface area contributed by atoms with Crippen LogP contribution in [-0.2, 0) is 0 Å². The molecule has 1 atom stereocenters. The molecule has 3 heteroatoms. The third-order valence-corrected chi connectivity index (χ3v) is 2.65. The van der Waals surface area contributed by atoms with Crippen LogP contribution >= 0.6 is 15.9 Å². The Morgan fingerprint density at radius 3 is 2.75 bits per heavy atom. The van der Waals surface area contributed by atoms with Crippen LogP contribution in [0.4, 0.5) is 4.39 Å². The van der Waals surface area contributed by atoms with Crippen molar-refractivity contribution in [3.05, 3.63) is 34.1 Å². The predicted molar refractivity (Wildman–Crippen MR) is 49.5 cm³/mol. The molecule has 1 fully saturated rings. The molecule has 1 aromatic rings. The first-order valence-corrected chi connectivity index (χ1v) is 4.75. The quantitative estimate of drug-likeness (QED) is 0.781. The lowest BCUT2D eigenvalue weighted by Crippen LogP contribution is -2.35. The molecule has 0 aliphatic carbocycles. The highest BCUT2D eigenvalue weighted by atomic mass is 79.9. The van der Waals surface area contributed by atoms with Crippen LogP contribution in [0.15, 0.2) is 22.7 Å². The van der Waals surface area contributed by atoms with Crippen molar-refractivity contribution in [3.63, 3.8) is 0 Å². The van der Waals surface area contributed by atoms with Gasteiger partial charge in [0.15, 0.2) is 0 Å². The molecule has 1 unspecified atom stereocenters. The number of hydrogen-bond donors (Lipinski definition) is 1. The number of rotatable bonds is 1. The maximum atomic E-state index is 13.3. The highest BCUT2D eigenvalue weighted by Gasteiger charge is 2.21. The fraction of sp³-hybridized carbons (Fsp3) is 0.333. The second-order valence-electron chi connectivity index (χ2n) is 2.96. The molecule has 1 N–H and O–H groups in total. The minimum absolute atomic E-state index is 0.124. The predicted octanol–water partition coefficient (Wildman–Crippen LogP) is 2.62. The Morgan fingerprint density at radius 1 is 1.50 bits per heavy atom. The summed E-state index contributed by atoms with van der Waals surface area (Å²) in [7, 11) is 0. The Bertz CT molecular complexity index is 297.